The molecule has 0 saturated heterocycles. The molecule has 224 valence electrons. The van der Waals surface area contributed by atoms with Crippen molar-refractivity contribution in [1.82, 2.24) is 5.32 Å². The van der Waals surface area contributed by atoms with E-state index in [9.17, 15) is 24.9 Å². The number of hydrogen-bond donors (Lipinski definition) is 6. The molecule has 9 nitrogen and oxygen atoms in total. The molecule has 0 saturated carbocycles. The summed E-state index contributed by atoms with van der Waals surface area (Å²) in [5.41, 5.74) is 12.7. The molecule has 39 heavy (non-hydrogen) atoms. The fraction of sp³-hybridized carbons (Fsp3) is 0.733. The first kappa shape index (κ1) is 34.8. The topological polar surface area (TPSA) is 168 Å². The molecule has 0 aliphatic carbocycles. The van der Waals surface area contributed by atoms with Crippen molar-refractivity contribution in [2.24, 2.45) is 40.6 Å². The maximum absolute atomic E-state index is 12.9. The molecule has 0 heterocycles. The summed E-state index contributed by atoms with van der Waals surface area (Å²) in [5.74, 6) is -0.205. The molecule has 0 bridgehead atoms. The van der Waals surface area contributed by atoms with E-state index in [0.29, 0.717) is 30.6 Å². The lowest BCUT2D eigenvalue weighted by molar-refractivity contribution is -0.130. The third-order valence-electron chi connectivity index (χ3n) is 7.77. The van der Waals surface area contributed by atoms with E-state index in [-0.39, 0.29) is 55.9 Å². The third kappa shape index (κ3) is 11.1. The van der Waals surface area contributed by atoms with Gasteiger partial charge in [-0.15, -0.1) is 0 Å². The number of carbonyl (C=O) groups excluding carboxylic acids is 2. The number of amides is 2. The van der Waals surface area contributed by atoms with Crippen molar-refractivity contribution in [2.45, 2.75) is 99.0 Å². The Bertz CT molecular complexity index is 901. The van der Waals surface area contributed by atoms with Crippen LogP contribution < -0.4 is 21.5 Å². The van der Waals surface area contributed by atoms with Gasteiger partial charge < -0.3 is 36.8 Å². The number of hydrogen-bond acceptors (Lipinski definition) is 7. The van der Waals surface area contributed by atoms with Gasteiger partial charge in [0.2, 0.25) is 11.8 Å². The number of primary amides is 1. The molecular formula is C30H53N3O6. The Hall–Kier alpha value is -2.20. The Morgan fingerprint density at radius 2 is 1.72 bits per heavy atom. The normalized spacial score (nSPS) is 16.0. The minimum Gasteiger partial charge on any atom is -0.488 e. The van der Waals surface area contributed by atoms with Gasteiger partial charge in [0.15, 0.2) is 0 Å². The lowest BCUT2D eigenvalue weighted by atomic mass is 9.80. The van der Waals surface area contributed by atoms with Crippen LogP contribution in [0.4, 0.5) is 0 Å². The van der Waals surface area contributed by atoms with Gasteiger partial charge in [-0.3, -0.25) is 9.59 Å². The summed E-state index contributed by atoms with van der Waals surface area (Å²) in [5, 5.41) is 33.1. The zero-order chi connectivity index (χ0) is 29.9. The van der Waals surface area contributed by atoms with Crippen molar-refractivity contribution < 1.29 is 29.6 Å². The summed E-state index contributed by atoms with van der Waals surface area (Å²) in [6.07, 6.45) is 0.904. The molecule has 0 radical (unpaired) electrons. The van der Waals surface area contributed by atoms with Gasteiger partial charge in [0.25, 0.3) is 0 Å². The number of rotatable bonds is 18. The van der Waals surface area contributed by atoms with Crippen LogP contribution in [0.1, 0.15) is 78.9 Å². The first-order valence-electron chi connectivity index (χ1n) is 14.2. The molecule has 1 rings (SSSR count). The van der Waals surface area contributed by atoms with Crippen molar-refractivity contribution in [3.05, 3.63) is 29.3 Å². The zero-order valence-electron chi connectivity index (χ0n) is 24.9. The monoisotopic (exact) mass is 551 g/mol. The number of carbonyl (C=O) groups is 2. The Morgan fingerprint density at radius 3 is 2.21 bits per heavy atom. The number of aliphatic hydroxyl groups excluding tert-OH is 3. The van der Waals surface area contributed by atoms with Crippen LogP contribution in [0.3, 0.4) is 0 Å². The molecule has 0 aliphatic heterocycles. The molecule has 9 heteroatoms. The van der Waals surface area contributed by atoms with Gasteiger partial charge in [-0.2, -0.15) is 0 Å². The van der Waals surface area contributed by atoms with Gasteiger partial charge in [-0.1, -0.05) is 46.8 Å². The Kier molecular flexibility index (Phi) is 14.4. The second kappa shape index (κ2) is 16.2. The average molecular weight is 552 g/mol. The number of aliphatic hydroxyl groups is 3. The molecule has 1 aromatic rings. The van der Waals surface area contributed by atoms with Gasteiger partial charge in [0.05, 0.1) is 24.7 Å². The van der Waals surface area contributed by atoms with Gasteiger partial charge in [0.1, 0.15) is 11.9 Å². The van der Waals surface area contributed by atoms with Gasteiger partial charge >= 0.3 is 0 Å². The van der Waals surface area contributed by atoms with Crippen LogP contribution in [-0.2, 0) is 22.6 Å². The maximum atomic E-state index is 12.9. The summed E-state index contributed by atoms with van der Waals surface area (Å²) in [6, 6.07) is 5.18. The Morgan fingerprint density at radius 1 is 1.08 bits per heavy atom. The van der Waals surface area contributed by atoms with Crippen molar-refractivity contribution in [2.75, 3.05) is 13.2 Å². The second-order valence-corrected chi connectivity index (χ2v) is 12.2. The standard InChI is InChI=1S/C30H53N3O6/c1-8-23(16-35)39-27-12-20(9-10-21(27)15-34)11-22(18(2)3)13-25(31)26(36)14-24(19(4)5)28(37)33-17-30(6,7)29(32)38/h9-10,12,18-19,22-26,34-36H,8,11,13-17,31H2,1-7H3,(H2,32,38)(H,33,37)/t22-,23?,24-,25-,26-/m0/s1. The first-order chi connectivity index (χ1) is 18.2. The lowest BCUT2D eigenvalue weighted by Gasteiger charge is -2.30. The largest absolute Gasteiger partial charge is 0.488 e. The molecule has 5 atom stereocenters. The fourth-order valence-electron chi connectivity index (χ4n) is 4.44. The highest BCUT2D eigenvalue weighted by atomic mass is 16.5. The van der Waals surface area contributed by atoms with E-state index in [4.69, 9.17) is 16.2 Å². The molecule has 0 aliphatic rings. The van der Waals surface area contributed by atoms with Crippen LogP contribution in [0.25, 0.3) is 0 Å². The molecule has 2 amide bonds. The molecule has 0 spiro atoms. The highest BCUT2D eigenvalue weighted by molar-refractivity contribution is 5.83. The van der Waals surface area contributed by atoms with E-state index in [1.807, 2.05) is 39.0 Å². The van der Waals surface area contributed by atoms with Gasteiger partial charge in [-0.25, -0.2) is 0 Å². The fourth-order valence-corrected chi connectivity index (χ4v) is 4.44. The lowest BCUT2D eigenvalue weighted by Crippen LogP contribution is -2.46. The van der Waals surface area contributed by atoms with Crippen molar-refractivity contribution in [3.63, 3.8) is 0 Å². The number of nitrogens with two attached hydrogens (primary N) is 2. The van der Waals surface area contributed by atoms with E-state index in [0.717, 1.165) is 5.56 Å². The molecule has 8 N–H and O–H groups in total. The van der Waals surface area contributed by atoms with Crippen molar-refractivity contribution >= 4 is 11.8 Å². The summed E-state index contributed by atoms with van der Waals surface area (Å²) < 4.78 is 5.94. The Labute approximate surface area is 234 Å². The Balaban J connectivity index is 2.93. The average Bonchev–Trinajstić information content (AvgIpc) is 2.88. The van der Waals surface area contributed by atoms with Crippen molar-refractivity contribution in [3.8, 4) is 5.75 Å². The van der Waals surface area contributed by atoms with E-state index in [2.05, 4.69) is 19.2 Å². The predicted octanol–water partition coefficient (Wildman–Crippen LogP) is 2.51. The second-order valence-electron chi connectivity index (χ2n) is 12.2. The first-order valence-corrected chi connectivity index (χ1v) is 14.2. The summed E-state index contributed by atoms with van der Waals surface area (Å²) >= 11 is 0. The molecule has 0 fully saturated rings. The van der Waals surface area contributed by atoms with Crippen LogP contribution in [0.15, 0.2) is 18.2 Å². The van der Waals surface area contributed by atoms with Crippen LogP contribution in [-0.4, -0.2) is 58.5 Å². The molecular weight excluding hydrogens is 498 g/mol. The van der Waals surface area contributed by atoms with Crippen LogP contribution in [0.5, 0.6) is 5.75 Å². The van der Waals surface area contributed by atoms with Crippen LogP contribution in [0, 0.1) is 29.1 Å². The van der Waals surface area contributed by atoms with Crippen molar-refractivity contribution in [1.29, 1.82) is 0 Å². The van der Waals surface area contributed by atoms with E-state index < -0.39 is 29.4 Å². The van der Waals surface area contributed by atoms with Crippen LogP contribution in [0.2, 0.25) is 0 Å². The summed E-state index contributed by atoms with van der Waals surface area (Å²) in [4.78, 5) is 24.5. The quantitative estimate of drug-likeness (QED) is 0.163. The number of ether oxygens (including phenoxy) is 1. The van der Waals surface area contributed by atoms with E-state index >= 15 is 0 Å². The smallest absolute Gasteiger partial charge is 0.224 e. The summed E-state index contributed by atoms with van der Waals surface area (Å²) in [7, 11) is 0. The van der Waals surface area contributed by atoms with E-state index in [1.54, 1.807) is 13.8 Å². The molecule has 1 unspecified atom stereocenters. The molecule has 1 aromatic carbocycles. The number of benzene rings is 1. The highest BCUT2D eigenvalue weighted by Crippen LogP contribution is 2.29. The van der Waals surface area contributed by atoms with Crippen LogP contribution >= 0.6 is 0 Å². The third-order valence-corrected chi connectivity index (χ3v) is 7.77. The minimum absolute atomic E-state index is 0.0289. The van der Waals surface area contributed by atoms with Gasteiger partial charge in [0, 0.05) is 24.1 Å². The minimum atomic E-state index is -0.876. The predicted molar refractivity (Wildman–Crippen MR) is 154 cm³/mol. The van der Waals surface area contributed by atoms with Gasteiger partial charge in [-0.05, 0) is 68.9 Å². The molecule has 0 aromatic heterocycles. The SMILES string of the molecule is CCC(CO)Oc1cc(C[C@@H](C[C@H](N)[C@@H](O)C[C@H](C(=O)NCC(C)(C)C(N)=O)C(C)C)C(C)C)ccc1CO. The number of nitrogens with one attached hydrogen (secondary N) is 1. The maximum Gasteiger partial charge on any atom is 0.224 e. The summed E-state index contributed by atoms with van der Waals surface area (Å²) in [6.45, 7) is 13.2. The van der Waals surface area contributed by atoms with E-state index in [1.165, 1.54) is 0 Å². The zero-order valence-corrected chi connectivity index (χ0v) is 24.9. The highest BCUT2D eigenvalue weighted by Gasteiger charge is 2.32.